The van der Waals surface area contributed by atoms with Crippen molar-refractivity contribution in [2.75, 3.05) is 19.4 Å². The van der Waals surface area contributed by atoms with E-state index in [2.05, 4.69) is 16.8 Å². The van der Waals surface area contributed by atoms with E-state index in [9.17, 15) is 4.79 Å². The first-order valence-corrected chi connectivity index (χ1v) is 7.91. The second-order valence-corrected chi connectivity index (χ2v) is 5.95. The van der Waals surface area contributed by atoms with Gasteiger partial charge in [0.1, 0.15) is 5.75 Å². The molecule has 2 aromatic rings. The minimum absolute atomic E-state index is 0.0144. The molecule has 0 bridgehead atoms. The molecule has 110 valence electrons. The molecule has 0 aliphatic carbocycles. The smallest absolute Gasteiger partial charge is 0.258 e. The standard InChI is InChI=1S/C16H18N2O2S/c1-20-15-9-12(17)4-5-13(15)16(19)18-7-2-3-14(18)11-6-8-21-10-11/h4-6,8-10,14H,2-3,7,17H2,1H3. The number of amides is 1. The predicted octanol–water partition coefficient (Wildman–Crippen LogP) is 3.32. The molecule has 1 amide bonds. The predicted molar refractivity (Wildman–Crippen MR) is 84.7 cm³/mol. The Morgan fingerprint density at radius 3 is 3.00 bits per heavy atom. The van der Waals surface area contributed by atoms with E-state index in [4.69, 9.17) is 10.5 Å². The van der Waals surface area contributed by atoms with Crippen LogP contribution in [-0.2, 0) is 0 Å². The van der Waals surface area contributed by atoms with Gasteiger partial charge in [0.05, 0.1) is 18.7 Å². The molecule has 1 aliphatic rings. The highest BCUT2D eigenvalue weighted by atomic mass is 32.1. The molecule has 1 unspecified atom stereocenters. The van der Waals surface area contributed by atoms with Crippen LogP contribution in [0.15, 0.2) is 35.0 Å². The van der Waals surface area contributed by atoms with Gasteiger partial charge in [-0.3, -0.25) is 4.79 Å². The SMILES string of the molecule is COc1cc(N)ccc1C(=O)N1CCCC1c1ccsc1. The highest BCUT2D eigenvalue weighted by Gasteiger charge is 2.32. The fourth-order valence-corrected chi connectivity index (χ4v) is 3.57. The van der Waals surface area contributed by atoms with Crippen molar-refractivity contribution in [3.05, 3.63) is 46.2 Å². The first-order valence-electron chi connectivity index (χ1n) is 6.97. The third kappa shape index (κ3) is 2.61. The number of thiophene rings is 1. The van der Waals surface area contributed by atoms with Crippen LogP contribution in [0, 0.1) is 0 Å². The van der Waals surface area contributed by atoms with Gasteiger partial charge in [0.2, 0.25) is 0 Å². The van der Waals surface area contributed by atoms with Gasteiger partial charge >= 0.3 is 0 Å². The minimum Gasteiger partial charge on any atom is -0.496 e. The van der Waals surface area contributed by atoms with E-state index in [1.54, 1.807) is 36.6 Å². The summed E-state index contributed by atoms with van der Waals surface area (Å²) < 4.78 is 5.31. The molecule has 0 saturated carbocycles. The number of methoxy groups -OCH3 is 1. The van der Waals surface area contributed by atoms with Crippen LogP contribution < -0.4 is 10.5 Å². The Hall–Kier alpha value is -2.01. The van der Waals surface area contributed by atoms with Crippen molar-refractivity contribution in [1.29, 1.82) is 0 Å². The molecule has 0 radical (unpaired) electrons. The number of benzene rings is 1. The van der Waals surface area contributed by atoms with Gasteiger partial charge in [-0.15, -0.1) is 0 Å². The van der Waals surface area contributed by atoms with Gasteiger partial charge in [0.25, 0.3) is 5.91 Å². The lowest BCUT2D eigenvalue weighted by molar-refractivity contribution is 0.0732. The zero-order valence-corrected chi connectivity index (χ0v) is 12.7. The lowest BCUT2D eigenvalue weighted by Crippen LogP contribution is -2.30. The van der Waals surface area contributed by atoms with Gasteiger partial charge in [-0.25, -0.2) is 0 Å². The van der Waals surface area contributed by atoms with Crippen molar-refractivity contribution in [2.24, 2.45) is 0 Å². The molecule has 0 spiro atoms. The number of carbonyl (C=O) groups is 1. The van der Waals surface area contributed by atoms with Gasteiger partial charge in [-0.05, 0) is 47.4 Å². The first kappa shape index (κ1) is 13.9. The fraction of sp³-hybridized carbons (Fsp3) is 0.312. The zero-order chi connectivity index (χ0) is 14.8. The summed E-state index contributed by atoms with van der Waals surface area (Å²) in [7, 11) is 1.56. The quantitative estimate of drug-likeness (QED) is 0.885. The molecule has 2 heterocycles. The number of anilines is 1. The van der Waals surface area contributed by atoms with Gasteiger partial charge in [-0.1, -0.05) is 0 Å². The monoisotopic (exact) mass is 302 g/mol. The summed E-state index contributed by atoms with van der Waals surface area (Å²) in [6.07, 6.45) is 2.04. The second-order valence-electron chi connectivity index (χ2n) is 5.17. The average Bonchev–Trinajstić information content (AvgIpc) is 3.16. The van der Waals surface area contributed by atoms with Crippen molar-refractivity contribution < 1.29 is 9.53 Å². The Balaban J connectivity index is 1.91. The summed E-state index contributed by atoms with van der Waals surface area (Å²) in [4.78, 5) is 14.8. The number of hydrogen-bond donors (Lipinski definition) is 1. The van der Waals surface area contributed by atoms with Crippen LogP contribution in [-0.4, -0.2) is 24.5 Å². The first-order chi connectivity index (χ1) is 10.2. The molecule has 4 nitrogen and oxygen atoms in total. The van der Waals surface area contributed by atoms with Crippen LogP contribution in [0.1, 0.15) is 34.8 Å². The van der Waals surface area contributed by atoms with Crippen LogP contribution >= 0.6 is 11.3 Å². The number of ether oxygens (including phenoxy) is 1. The van der Waals surface area contributed by atoms with Crippen LogP contribution in [0.2, 0.25) is 0 Å². The number of nitrogens with zero attached hydrogens (tertiary/aromatic N) is 1. The summed E-state index contributed by atoms with van der Waals surface area (Å²) in [5.41, 5.74) is 8.15. The molecule has 2 N–H and O–H groups in total. The number of hydrogen-bond acceptors (Lipinski definition) is 4. The number of carbonyl (C=O) groups excluding carboxylic acids is 1. The van der Waals surface area contributed by atoms with E-state index >= 15 is 0 Å². The molecule has 5 heteroatoms. The van der Waals surface area contributed by atoms with Crippen LogP contribution in [0.25, 0.3) is 0 Å². The van der Waals surface area contributed by atoms with Crippen molar-refractivity contribution in [3.63, 3.8) is 0 Å². The van der Waals surface area contributed by atoms with Gasteiger partial charge in [-0.2, -0.15) is 11.3 Å². The summed E-state index contributed by atoms with van der Waals surface area (Å²) in [6.45, 7) is 0.785. The average molecular weight is 302 g/mol. The van der Waals surface area contributed by atoms with Crippen molar-refractivity contribution in [2.45, 2.75) is 18.9 Å². The molecule has 1 saturated heterocycles. The van der Waals surface area contributed by atoms with E-state index < -0.39 is 0 Å². The summed E-state index contributed by atoms with van der Waals surface area (Å²) in [6, 6.07) is 7.46. The Kier molecular flexibility index (Phi) is 3.84. The van der Waals surface area contributed by atoms with Crippen molar-refractivity contribution in [1.82, 2.24) is 4.90 Å². The summed E-state index contributed by atoms with van der Waals surface area (Å²) in [5.74, 6) is 0.552. The maximum Gasteiger partial charge on any atom is 0.258 e. The molecule has 21 heavy (non-hydrogen) atoms. The second kappa shape index (κ2) is 5.77. The topological polar surface area (TPSA) is 55.6 Å². The number of likely N-dealkylation sites (tertiary alicyclic amines) is 1. The molecular weight excluding hydrogens is 284 g/mol. The Bertz CT molecular complexity index is 640. The lowest BCUT2D eigenvalue weighted by Gasteiger charge is -2.25. The van der Waals surface area contributed by atoms with Gasteiger partial charge < -0.3 is 15.4 Å². The number of nitrogens with two attached hydrogens (primary N) is 1. The lowest BCUT2D eigenvalue weighted by atomic mass is 10.1. The largest absolute Gasteiger partial charge is 0.496 e. The van der Waals surface area contributed by atoms with E-state index in [-0.39, 0.29) is 11.9 Å². The van der Waals surface area contributed by atoms with E-state index in [1.807, 2.05) is 4.90 Å². The van der Waals surface area contributed by atoms with Crippen molar-refractivity contribution >= 4 is 22.9 Å². The zero-order valence-electron chi connectivity index (χ0n) is 11.9. The maximum absolute atomic E-state index is 12.9. The summed E-state index contributed by atoms with van der Waals surface area (Å²) >= 11 is 1.67. The van der Waals surface area contributed by atoms with E-state index in [1.165, 1.54) is 5.56 Å². The van der Waals surface area contributed by atoms with Gasteiger partial charge in [0, 0.05) is 18.3 Å². The molecule has 1 aromatic heterocycles. The molecule has 3 rings (SSSR count). The highest BCUT2D eigenvalue weighted by Crippen LogP contribution is 2.35. The molecule has 1 aliphatic heterocycles. The normalized spacial score (nSPS) is 18.0. The maximum atomic E-state index is 12.9. The Labute approximate surface area is 128 Å². The Morgan fingerprint density at radius 1 is 1.43 bits per heavy atom. The summed E-state index contributed by atoms with van der Waals surface area (Å²) in [5, 5.41) is 4.18. The minimum atomic E-state index is 0.0144. The van der Waals surface area contributed by atoms with E-state index in [0.717, 1.165) is 19.4 Å². The third-order valence-electron chi connectivity index (χ3n) is 3.90. The molecular formula is C16H18N2O2S. The number of rotatable bonds is 3. The molecule has 1 atom stereocenters. The van der Waals surface area contributed by atoms with Crippen LogP contribution in [0.3, 0.4) is 0 Å². The Morgan fingerprint density at radius 2 is 2.29 bits per heavy atom. The fourth-order valence-electron chi connectivity index (χ4n) is 2.86. The third-order valence-corrected chi connectivity index (χ3v) is 4.60. The molecule has 1 fully saturated rings. The number of nitrogen functional groups attached to an aromatic ring is 1. The van der Waals surface area contributed by atoms with E-state index in [0.29, 0.717) is 17.0 Å². The van der Waals surface area contributed by atoms with Crippen LogP contribution in [0.5, 0.6) is 5.75 Å². The van der Waals surface area contributed by atoms with Gasteiger partial charge in [0.15, 0.2) is 0 Å². The molecule has 1 aromatic carbocycles. The van der Waals surface area contributed by atoms with Crippen molar-refractivity contribution in [3.8, 4) is 5.75 Å². The van der Waals surface area contributed by atoms with Crippen LogP contribution in [0.4, 0.5) is 5.69 Å². The highest BCUT2D eigenvalue weighted by molar-refractivity contribution is 7.08.